The first-order valence-corrected chi connectivity index (χ1v) is 12.6. The Labute approximate surface area is 229 Å². The number of aromatic nitrogens is 1. The van der Waals surface area contributed by atoms with Crippen molar-refractivity contribution in [1.82, 2.24) is 15.3 Å². The first-order valence-electron chi connectivity index (χ1n) is 12.6. The van der Waals surface area contributed by atoms with Crippen molar-refractivity contribution in [3.63, 3.8) is 0 Å². The molecular formula is C27H31F3N6O4. The van der Waals surface area contributed by atoms with Crippen molar-refractivity contribution >= 4 is 23.5 Å². The Morgan fingerprint density at radius 3 is 2.65 bits per heavy atom. The van der Waals surface area contributed by atoms with Crippen LogP contribution in [0.1, 0.15) is 49.9 Å². The second-order valence-corrected chi connectivity index (χ2v) is 10.1. The van der Waals surface area contributed by atoms with Crippen LogP contribution in [0.3, 0.4) is 0 Å². The average molecular weight is 561 g/mol. The Hall–Kier alpha value is -4.29. The third-order valence-corrected chi connectivity index (χ3v) is 5.90. The molecule has 10 nitrogen and oxygen atoms in total. The Morgan fingerprint density at radius 1 is 1.18 bits per heavy atom. The number of amidine groups is 1. The monoisotopic (exact) mass is 560 g/mol. The summed E-state index contributed by atoms with van der Waals surface area (Å²) in [6, 6.07) is 6.09. The molecule has 2 aromatic rings. The van der Waals surface area contributed by atoms with Gasteiger partial charge in [0.05, 0.1) is 37.6 Å². The van der Waals surface area contributed by atoms with E-state index >= 15 is 0 Å². The molecule has 0 spiro atoms. The molecule has 0 radical (unpaired) electrons. The number of methoxy groups -OCH3 is 1. The number of hydrogen-bond donors (Lipinski definition) is 2. The highest BCUT2D eigenvalue weighted by molar-refractivity contribution is 6.14. The van der Waals surface area contributed by atoms with Crippen molar-refractivity contribution in [3.05, 3.63) is 59.3 Å². The zero-order valence-electron chi connectivity index (χ0n) is 22.6. The maximum Gasteiger partial charge on any atom is 0.419 e. The standard InChI is InChI=1S/C27H31F3N6O4/c1-26(2,3)40-25(37)32-10-5-11-39-21-8-6-16(13-22(21)38-4)20-15-33-23-9-7-19(35-36(20)23)17-12-18(27(28,29)30)24(31)34-14-17/h6-9,12-14,20H,5,10-11,15H2,1-4H3,(H2,31,34)(H,32,37). The summed E-state index contributed by atoms with van der Waals surface area (Å²) in [6.07, 6.45) is -0.00765. The number of benzene rings is 1. The number of fused-ring (bicyclic) bond motifs is 1. The number of carbonyl (C=O) groups excluding carboxylic acids is 1. The first kappa shape index (κ1) is 28.7. The van der Waals surface area contributed by atoms with Gasteiger partial charge in [-0.25, -0.2) is 14.8 Å². The Balaban J connectivity index is 1.43. The van der Waals surface area contributed by atoms with Gasteiger partial charge in [0.15, 0.2) is 11.5 Å². The van der Waals surface area contributed by atoms with Crippen LogP contribution >= 0.6 is 0 Å². The van der Waals surface area contributed by atoms with Gasteiger partial charge in [0.1, 0.15) is 17.3 Å². The molecule has 1 atom stereocenters. The van der Waals surface area contributed by atoms with Gasteiger partial charge in [0.25, 0.3) is 0 Å². The van der Waals surface area contributed by atoms with Crippen molar-refractivity contribution in [2.75, 3.05) is 32.5 Å². The minimum Gasteiger partial charge on any atom is -0.493 e. The lowest BCUT2D eigenvalue weighted by molar-refractivity contribution is -0.137. The van der Waals surface area contributed by atoms with Crippen LogP contribution in [-0.4, -0.2) is 60.0 Å². The summed E-state index contributed by atoms with van der Waals surface area (Å²) in [5, 5.41) is 8.92. The number of carbonyl (C=O) groups is 1. The molecule has 0 bridgehead atoms. The molecule has 0 aliphatic carbocycles. The van der Waals surface area contributed by atoms with Gasteiger partial charge in [-0.05, 0) is 63.1 Å². The van der Waals surface area contributed by atoms with E-state index in [9.17, 15) is 18.0 Å². The fraction of sp³-hybridized carbons (Fsp3) is 0.407. The second-order valence-electron chi connectivity index (χ2n) is 10.1. The van der Waals surface area contributed by atoms with E-state index in [4.69, 9.17) is 19.9 Å². The van der Waals surface area contributed by atoms with E-state index in [1.807, 2.05) is 12.1 Å². The third kappa shape index (κ3) is 6.82. The highest BCUT2D eigenvalue weighted by atomic mass is 19.4. The lowest BCUT2D eigenvalue weighted by Crippen LogP contribution is -2.33. The number of anilines is 1. The SMILES string of the molecule is COc1cc(C2CN=C3C=CC(c4cnc(N)c(C(F)(F)F)c4)=NN32)ccc1OCCCNC(=O)OC(C)(C)C. The van der Waals surface area contributed by atoms with Gasteiger partial charge in [-0.3, -0.25) is 4.99 Å². The summed E-state index contributed by atoms with van der Waals surface area (Å²) in [4.78, 5) is 20.0. The summed E-state index contributed by atoms with van der Waals surface area (Å²) < 4.78 is 56.6. The van der Waals surface area contributed by atoms with Crippen LogP contribution in [0.15, 0.2) is 52.7 Å². The van der Waals surface area contributed by atoms with Crippen LogP contribution in [0, 0.1) is 0 Å². The van der Waals surface area contributed by atoms with Gasteiger partial charge in [0.2, 0.25) is 0 Å². The zero-order chi connectivity index (χ0) is 29.1. The van der Waals surface area contributed by atoms with Gasteiger partial charge in [-0.2, -0.15) is 18.3 Å². The number of alkyl halides is 3. The average Bonchev–Trinajstić information content (AvgIpc) is 3.30. The number of hydrazone groups is 1. The number of nitrogens with one attached hydrogen (secondary N) is 1. The summed E-state index contributed by atoms with van der Waals surface area (Å²) in [5.41, 5.74) is 5.18. The Bertz CT molecular complexity index is 1350. The van der Waals surface area contributed by atoms with Crippen LogP contribution in [0.2, 0.25) is 0 Å². The molecule has 3 N–H and O–H groups in total. The van der Waals surface area contributed by atoms with Crippen molar-refractivity contribution in [2.45, 2.75) is 45.0 Å². The number of amides is 1. The van der Waals surface area contributed by atoms with Crippen molar-refractivity contribution in [3.8, 4) is 11.5 Å². The number of allylic oxidation sites excluding steroid dienone is 1. The summed E-state index contributed by atoms with van der Waals surface area (Å²) >= 11 is 0. The Morgan fingerprint density at radius 2 is 1.95 bits per heavy atom. The molecule has 0 fully saturated rings. The molecule has 214 valence electrons. The maximum absolute atomic E-state index is 13.3. The molecule has 3 heterocycles. The minimum atomic E-state index is -4.64. The molecule has 2 aliphatic rings. The van der Waals surface area contributed by atoms with Crippen molar-refractivity contribution in [2.24, 2.45) is 10.1 Å². The van der Waals surface area contributed by atoms with E-state index < -0.39 is 29.3 Å². The molecule has 13 heteroatoms. The summed E-state index contributed by atoms with van der Waals surface area (Å²) in [6.45, 7) is 6.49. The number of ether oxygens (including phenoxy) is 3. The van der Waals surface area contributed by atoms with Gasteiger partial charge in [-0.1, -0.05) is 6.07 Å². The van der Waals surface area contributed by atoms with E-state index in [1.54, 1.807) is 44.0 Å². The number of pyridine rings is 1. The smallest absolute Gasteiger partial charge is 0.419 e. The maximum atomic E-state index is 13.3. The fourth-order valence-corrected chi connectivity index (χ4v) is 4.05. The molecule has 1 aromatic carbocycles. The largest absolute Gasteiger partial charge is 0.493 e. The molecule has 0 saturated heterocycles. The van der Waals surface area contributed by atoms with Crippen LogP contribution in [0.25, 0.3) is 0 Å². The van der Waals surface area contributed by atoms with Gasteiger partial charge in [0, 0.05) is 18.3 Å². The second kappa shape index (κ2) is 11.4. The number of nitrogen functional groups attached to an aromatic ring is 1. The number of aliphatic imine (C=N–C) groups is 1. The molecule has 1 aromatic heterocycles. The molecule has 1 unspecified atom stereocenters. The van der Waals surface area contributed by atoms with E-state index in [1.165, 1.54) is 13.3 Å². The zero-order valence-corrected chi connectivity index (χ0v) is 22.6. The number of alkyl carbamates (subject to hydrolysis) is 1. The first-order chi connectivity index (χ1) is 18.9. The van der Waals surface area contributed by atoms with Crippen LogP contribution in [-0.2, 0) is 10.9 Å². The molecule has 1 amide bonds. The Kier molecular flexibility index (Phi) is 8.21. The predicted molar refractivity (Wildman–Crippen MR) is 144 cm³/mol. The van der Waals surface area contributed by atoms with Crippen LogP contribution in [0.4, 0.5) is 23.8 Å². The highest BCUT2D eigenvalue weighted by Gasteiger charge is 2.35. The summed E-state index contributed by atoms with van der Waals surface area (Å²) in [5.74, 6) is 1.02. The fourth-order valence-electron chi connectivity index (χ4n) is 4.05. The molecule has 40 heavy (non-hydrogen) atoms. The molecule has 2 aliphatic heterocycles. The normalized spacial score (nSPS) is 16.7. The molecule has 4 rings (SSSR count). The van der Waals surface area contributed by atoms with Crippen LogP contribution in [0.5, 0.6) is 11.5 Å². The lowest BCUT2D eigenvalue weighted by Gasteiger charge is -2.26. The lowest BCUT2D eigenvalue weighted by atomic mass is 10.1. The quantitative estimate of drug-likeness (QED) is 0.448. The van der Waals surface area contributed by atoms with E-state index in [2.05, 4.69) is 20.4 Å². The van der Waals surface area contributed by atoms with E-state index in [-0.39, 0.29) is 11.6 Å². The molecule has 0 saturated carbocycles. The van der Waals surface area contributed by atoms with Gasteiger partial charge >= 0.3 is 12.3 Å². The number of nitrogens with two attached hydrogens (primary N) is 1. The number of nitrogens with zero attached hydrogens (tertiary/aromatic N) is 4. The topological polar surface area (TPSA) is 124 Å². The number of hydrogen-bond acceptors (Lipinski definition) is 9. The van der Waals surface area contributed by atoms with Crippen molar-refractivity contribution < 1.29 is 32.2 Å². The molecular weight excluding hydrogens is 529 g/mol. The number of halogens is 3. The predicted octanol–water partition coefficient (Wildman–Crippen LogP) is 4.71. The van der Waals surface area contributed by atoms with E-state index in [0.717, 1.165) is 11.6 Å². The van der Waals surface area contributed by atoms with Crippen LogP contribution < -0.4 is 20.5 Å². The number of rotatable bonds is 8. The highest BCUT2D eigenvalue weighted by Crippen LogP contribution is 2.37. The van der Waals surface area contributed by atoms with Crippen molar-refractivity contribution in [1.29, 1.82) is 0 Å². The van der Waals surface area contributed by atoms with Gasteiger partial charge < -0.3 is 25.3 Å². The minimum absolute atomic E-state index is 0.185. The third-order valence-electron chi connectivity index (χ3n) is 5.90. The van der Waals surface area contributed by atoms with Gasteiger partial charge in [-0.15, -0.1) is 0 Å². The van der Waals surface area contributed by atoms with E-state index in [0.29, 0.717) is 49.2 Å². The summed E-state index contributed by atoms with van der Waals surface area (Å²) in [7, 11) is 1.53.